The van der Waals surface area contributed by atoms with E-state index in [0.29, 0.717) is 25.7 Å². The number of anilines is 1. The van der Waals surface area contributed by atoms with E-state index in [9.17, 15) is 4.79 Å². The Hall–Kier alpha value is -3.46. The highest BCUT2D eigenvalue weighted by atomic mass is 16.5. The first-order valence-corrected chi connectivity index (χ1v) is 11.1. The number of ether oxygens (including phenoxy) is 1. The van der Waals surface area contributed by atoms with E-state index in [1.165, 1.54) is 5.39 Å². The molecule has 2 aliphatic rings. The Morgan fingerprint density at radius 3 is 2.84 bits per heavy atom. The fourth-order valence-corrected chi connectivity index (χ4v) is 4.73. The number of hydrogen-bond donors (Lipinski definition) is 1. The van der Waals surface area contributed by atoms with Crippen molar-refractivity contribution < 1.29 is 9.53 Å². The van der Waals surface area contributed by atoms with Crippen LogP contribution in [-0.2, 0) is 9.53 Å². The molecule has 32 heavy (non-hydrogen) atoms. The number of carbonyl (C=O) groups is 1. The van der Waals surface area contributed by atoms with Gasteiger partial charge in [-0.15, -0.1) is 0 Å². The van der Waals surface area contributed by atoms with Crippen molar-refractivity contribution in [1.29, 1.82) is 0 Å². The van der Waals surface area contributed by atoms with Crippen LogP contribution in [0.2, 0.25) is 0 Å². The van der Waals surface area contributed by atoms with Gasteiger partial charge in [0.05, 0.1) is 36.5 Å². The summed E-state index contributed by atoms with van der Waals surface area (Å²) in [5.41, 5.74) is 3.79. The number of aromatic nitrogens is 5. The highest BCUT2D eigenvalue weighted by Crippen LogP contribution is 2.33. The zero-order valence-corrected chi connectivity index (χ0v) is 18.0. The van der Waals surface area contributed by atoms with Gasteiger partial charge in [-0.1, -0.05) is 12.1 Å². The maximum atomic E-state index is 11.9. The third-order valence-corrected chi connectivity index (χ3v) is 6.52. The summed E-state index contributed by atoms with van der Waals surface area (Å²) in [6.45, 7) is 5.89. The van der Waals surface area contributed by atoms with Crippen LogP contribution in [0.15, 0.2) is 36.7 Å². The lowest BCUT2D eigenvalue weighted by molar-refractivity contribution is -0.127. The third kappa shape index (κ3) is 3.20. The third-order valence-electron chi connectivity index (χ3n) is 6.52. The Labute approximate surface area is 185 Å². The number of rotatable bonds is 3. The normalized spacial score (nSPS) is 19.3. The average Bonchev–Trinajstić information content (AvgIpc) is 3.57. The summed E-state index contributed by atoms with van der Waals surface area (Å²) in [5, 5.41) is 6.81. The topological polar surface area (TPSA) is 92.2 Å². The van der Waals surface area contributed by atoms with Crippen LogP contribution in [0.3, 0.4) is 0 Å². The molecule has 1 N–H and O–H groups in total. The monoisotopic (exact) mass is 431 g/mol. The molecular weight excluding hydrogens is 406 g/mol. The van der Waals surface area contributed by atoms with Crippen LogP contribution in [0.4, 0.5) is 5.95 Å². The number of hydrogen-bond acceptors (Lipinski definition) is 6. The van der Waals surface area contributed by atoms with E-state index >= 15 is 0 Å². The Morgan fingerprint density at radius 1 is 1.16 bits per heavy atom. The van der Waals surface area contributed by atoms with Gasteiger partial charge >= 0.3 is 0 Å². The highest BCUT2D eigenvalue weighted by Gasteiger charge is 2.29. The number of carbonyl (C=O) groups excluding carboxylic acids is 1. The van der Waals surface area contributed by atoms with Gasteiger partial charge in [-0.25, -0.2) is 9.67 Å². The fourth-order valence-electron chi connectivity index (χ4n) is 4.73. The second-order valence-electron chi connectivity index (χ2n) is 8.49. The summed E-state index contributed by atoms with van der Waals surface area (Å²) in [6.07, 6.45) is 4.68. The number of nitrogens with one attached hydrogen (secondary N) is 1. The molecule has 1 amide bonds. The lowest BCUT2D eigenvalue weighted by Gasteiger charge is -2.27. The van der Waals surface area contributed by atoms with Gasteiger partial charge in [-0.2, -0.15) is 10.1 Å². The van der Waals surface area contributed by atoms with Gasteiger partial charge in [0.2, 0.25) is 11.9 Å². The summed E-state index contributed by atoms with van der Waals surface area (Å²) in [6, 6.07) is 8.51. The van der Waals surface area contributed by atoms with E-state index in [1.54, 1.807) is 6.92 Å². The lowest BCUT2D eigenvalue weighted by atomic mass is 10.1. The summed E-state index contributed by atoms with van der Waals surface area (Å²) < 4.78 is 7.52. The predicted molar refractivity (Wildman–Crippen MR) is 122 cm³/mol. The van der Waals surface area contributed by atoms with Crippen LogP contribution in [0, 0.1) is 0 Å². The van der Waals surface area contributed by atoms with Crippen molar-refractivity contribution in [2.24, 2.45) is 0 Å². The second kappa shape index (κ2) is 7.59. The molecule has 1 unspecified atom stereocenters. The number of aromatic amines is 1. The Kier molecular flexibility index (Phi) is 4.57. The first kappa shape index (κ1) is 19.2. The predicted octanol–water partition coefficient (Wildman–Crippen LogP) is 2.60. The van der Waals surface area contributed by atoms with Crippen LogP contribution in [0.1, 0.15) is 19.4 Å². The average molecular weight is 432 g/mol. The van der Waals surface area contributed by atoms with Crippen molar-refractivity contribution in [2.75, 3.05) is 44.3 Å². The van der Waals surface area contributed by atoms with Crippen molar-refractivity contribution in [1.82, 2.24) is 29.6 Å². The maximum Gasteiger partial charge on any atom is 0.228 e. The van der Waals surface area contributed by atoms with Gasteiger partial charge in [0, 0.05) is 50.4 Å². The number of nitrogens with zero attached hydrogens (tertiary/aromatic N) is 6. The first-order chi connectivity index (χ1) is 15.7. The molecule has 5 heterocycles. The molecule has 2 saturated heterocycles. The standard InChI is InChI=1S/C23H25N7O2/c1-15(31)29-7-5-18(14-29)30-22-19(13-25-30)21(17-3-2-16-4-6-24-20(16)12-17)26-23(27-22)28-8-10-32-11-9-28/h2-4,6,12-13,18,24H,5,7-11,14H2,1H3. The van der Waals surface area contributed by atoms with Crippen molar-refractivity contribution in [2.45, 2.75) is 19.4 Å². The van der Waals surface area contributed by atoms with Crippen LogP contribution in [-0.4, -0.2) is 74.9 Å². The Balaban J connectivity index is 1.50. The van der Waals surface area contributed by atoms with Gasteiger partial charge in [0.25, 0.3) is 0 Å². The summed E-state index contributed by atoms with van der Waals surface area (Å²) in [7, 11) is 0. The van der Waals surface area contributed by atoms with Gasteiger partial charge in [0.1, 0.15) is 0 Å². The SMILES string of the molecule is CC(=O)N1CCC(n2ncc3c(-c4ccc5cc[nH]c5c4)nc(N4CCOCC4)nc32)C1. The molecule has 0 bridgehead atoms. The van der Waals surface area contributed by atoms with E-state index in [4.69, 9.17) is 19.8 Å². The van der Waals surface area contributed by atoms with Crippen molar-refractivity contribution in [3.8, 4) is 11.3 Å². The molecule has 0 aliphatic carbocycles. The maximum absolute atomic E-state index is 11.9. The Morgan fingerprint density at radius 2 is 2.03 bits per heavy atom. The van der Waals surface area contributed by atoms with Crippen molar-refractivity contribution >= 4 is 33.8 Å². The minimum atomic E-state index is 0.104. The molecule has 9 heteroatoms. The molecule has 0 spiro atoms. The fraction of sp³-hybridized carbons (Fsp3) is 0.391. The number of amides is 1. The molecule has 6 rings (SSSR count). The van der Waals surface area contributed by atoms with Gasteiger partial charge < -0.3 is 19.5 Å². The van der Waals surface area contributed by atoms with E-state index in [-0.39, 0.29) is 11.9 Å². The molecule has 164 valence electrons. The molecule has 0 radical (unpaired) electrons. The zero-order chi connectivity index (χ0) is 21.7. The number of fused-ring (bicyclic) bond motifs is 2. The molecule has 3 aromatic heterocycles. The molecule has 9 nitrogen and oxygen atoms in total. The van der Waals surface area contributed by atoms with Crippen molar-refractivity contribution in [3.63, 3.8) is 0 Å². The van der Waals surface area contributed by atoms with Gasteiger partial charge in [-0.3, -0.25) is 4.79 Å². The van der Waals surface area contributed by atoms with Gasteiger partial charge in [-0.05, 0) is 23.9 Å². The summed E-state index contributed by atoms with van der Waals surface area (Å²) >= 11 is 0. The highest BCUT2D eigenvalue weighted by molar-refractivity contribution is 5.94. The molecule has 4 aromatic rings. The molecule has 1 atom stereocenters. The number of likely N-dealkylation sites (tertiary alicyclic amines) is 1. The molecule has 0 saturated carbocycles. The van der Waals surface area contributed by atoms with Crippen molar-refractivity contribution in [3.05, 3.63) is 36.7 Å². The van der Waals surface area contributed by atoms with Crippen LogP contribution in [0.5, 0.6) is 0 Å². The second-order valence-corrected chi connectivity index (χ2v) is 8.49. The van der Waals surface area contributed by atoms with Crippen LogP contribution in [0.25, 0.3) is 33.2 Å². The number of benzene rings is 1. The zero-order valence-electron chi connectivity index (χ0n) is 18.0. The van der Waals surface area contributed by atoms with E-state index in [1.807, 2.05) is 22.0 Å². The summed E-state index contributed by atoms with van der Waals surface area (Å²) in [5.74, 6) is 0.804. The van der Waals surface area contributed by atoms with Gasteiger partial charge in [0.15, 0.2) is 5.65 Å². The minimum absolute atomic E-state index is 0.104. The van der Waals surface area contributed by atoms with E-state index < -0.39 is 0 Å². The first-order valence-electron chi connectivity index (χ1n) is 11.1. The molecule has 2 fully saturated rings. The quantitative estimate of drug-likeness (QED) is 0.536. The van der Waals surface area contributed by atoms with E-state index in [0.717, 1.165) is 53.9 Å². The largest absolute Gasteiger partial charge is 0.378 e. The minimum Gasteiger partial charge on any atom is -0.378 e. The molecule has 2 aliphatic heterocycles. The number of H-pyrrole nitrogens is 1. The lowest BCUT2D eigenvalue weighted by Crippen LogP contribution is -2.37. The smallest absolute Gasteiger partial charge is 0.228 e. The van der Waals surface area contributed by atoms with E-state index in [2.05, 4.69) is 34.1 Å². The Bertz CT molecular complexity index is 1300. The number of morpholine rings is 1. The van der Waals surface area contributed by atoms with Crippen LogP contribution < -0.4 is 4.90 Å². The summed E-state index contributed by atoms with van der Waals surface area (Å²) in [4.78, 5) is 29.2. The molecule has 1 aromatic carbocycles. The molecular formula is C23H25N7O2. The van der Waals surface area contributed by atoms with Crippen LogP contribution >= 0.6 is 0 Å².